The van der Waals surface area contributed by atoms with Crippen LogP contribution >= 0.6 is 0 Å². The first-order valence-corrected chi connectivity index (χ1v) is 9.00. The third-order valence-corrected chi connectivity index (χ3v) is 4.33. The number of hydrogen-bond donors (Lipinski definition) is 3. The standard InChI is InChI=1S/C22H19N3O3/c26-21(12-13-23-22(27)25-15-6-2-1-3-7-15)24-16-10-11-20-18(14-16)17-8-4-5-9-19(17)28-20/h1-11,14H,12-13H2,(H,24,26)(H2,23,25,27). The average molecular weight is 373 g/mol. The molecule has 6 heteroatoms. The molecule has 0 fully saturated rings. The molecule has 3 aromatic carbocycles. The summed E-state index contributed by atoms with van der Waals surface area (Å²) in [6, 6.07) is 22.1. The Hall–Kier alpha value is -3.80. The van der Waals surface area contributed by atoms with Gasteiger partial charge in [-0.25, -0.2) is 4.79 Å². The molecule has 1 heterocycles. The van der Waals surface area contributed by atoms with Gasteiger partial charge in [0.15, 0.2) is 0 Å². The third-order valence-electron chi connectivity index (χ3n) is 4.33. The number of nitrogens with one attached hydrogen (secondary N) is 3. The number of benzene rings is 3. The first-order chi connectivity index (χ1) is 13.7. The lowest BCUT2D eigenvalue weighted by Crippen LogP contribution is -2.31. The Morgan fingerprint density at radius 1 is 0.750 bits per heavy atom. The Bertz CT molecular complexity index is 1140. The van der Waals surface area contributed by atoms with Crippen molar-refractivity contribution in [1.82, 2.24) is 5.32 Å². The number of urea groups is 1. The number of amides is 3. The maximum absolute atomic E-state index is 12.2. The Labute approximate surface area is 161 Å². The molecule has 28 heavy (non-hydrogen) atoms. The number of carbonyl (C=O) groups is 2. The molecule has 0 saturated heterocycles. The summed E-state index contributed by atoms with van der Waals surface area (Å²) in [6.07, 6.45) is 0.173. The van der Waals surface area contributed by atoms with Crippen LogP contribution in [0.4, 0.5) is 16.2 Å². The molecule has 0 spiro atoms. The van der Waals surface area contributed by atoms with Gasteiger partial charge >= 0.3 is 6.03 Å². The Morgan fingerprint density at radius 3 is 2.36 bits per heavy atom. The van der Waals surface area contributed by atoms with Crippen LogP contribution < -0.4 is 16.0 Å². The van der Waals surface area contributed by atoms with Crippen LogP contribution in [0.2, 0.25) is 0 Å². The van der Waals surface area contributed by atoms with Gasteiger partial charge in [0.2, 0.25) is 5.91 Å². The van der Waals surface area contributed by atoms with E-state index in [0.717, 1.165) is 21.9 Å². The van der Waals surface area contributed by atoms with Crippen LogP contribution in [0, 0.1) is 0 Å². The van der Waals surface area contributed by atoms with Gasteiger partial charge in [-0.2, -0.15) is 0 Å². The minimum atomic E-state index is -0.342. The second-order valence-electron chi connectivity index (χ2n) is 6.35. The number of fused-ring (bicyclic) bond motifs is 3. The van der Waals surface area contributed by atoms with E-state index in [4.69, 9.17) is 4.42 Å². The summed E-state index contributed by atoms with van der Waals surface area (Å²) in [5.74, 6) is -0.174. The zero-order valence-electron chi connectivity index (χ0n) is 15.1. The molecule has 4 rings (SSSR count). The largest absolute Gasteiger partial charge is 0.456 e. The predicted octanol–water partition coefficient (Wildman–Crippen LogP) is 4.74. The minimum Gasteiger partial charge on any atom is -0.456 e. The molecule has 3 amide bonds. The maximum atomic E-state index is 12.2. The van der Waals surface area contributed by atoms with Crippen LogP contribution in [0.5, 0.6) is 0 Å². The summed E-state index contributed by atoms with van der Waals surface area (Å²) in [5.41, 5.74) is 2.98. The third kappa shape index (κ3) is 3.96. The molecule has 4 aromatic rings. The van der Waals surface area contributed by atoms with E-state index < -0.39 is 0 Å². The van der Waals surface area contributed by atoms with Crippen molar-refractivity contribution in [2.45, 2.75) is 6.42 Å². The summed E-state index contributed by atoms with van der Waals surface area (Å²) < 4.78 is 5.79. The van der Waals surface area contributed by atoms with Crippen molar-refractivity contribution >= 4 is 45.3 Å². The normalized spacial score (nSPS) is 10.7. The van der Waals surface area contributed by atoms with E-state index in [9.17, 15) is 9.59 Å². The fraction of sp³-hybridized carbons (Fsp3) is 0.0909. The summed E-state index contributed by atoms with van der Waals surface area (Å²) in [4.78, 5) is 24.0. The van der Waals surface area contributed by atoms with E-state index in [1.165, 1.54) is 0 Å². The quantitative estimate of drug-likeness (QED) is 0.473. The van der Waals surface area contributed by atoms with Crippen molar-refractivity contribution in [2.75, 3.05) is 17.2 Å². The Kier molecular flexibility index (Phi) is 4.93. The molecular formula is C22H19N3O3. The zero-order chi connectivity index (χ0) is 19.3. The molecule has 0 radical (unpaired) electrons. The van der Waals surface area contributed by atoms with Gasteiger partial charge in [0, 0.05) is 35.1 Å². The first-order valence-electron chi connectivity index (χ1n) is 9.00. The van der Waals surface area contributed by atoms with Crippen molar-refractivity contribution in [3.8, 4) is 0 Å². The average Bonchev–Trinajstić information content (AvgIpc) is 3.07. The molecule has 3 N–H and O–H groups in total. The van der Waals surface area contributed by atoms with Gasteiger partial charge in [-0.05, 0) is 36.4 Å². The zero-order valence-corrected chi connectivity index (χ0v) is 15.1. The van der Waals surface area contributed by atoms with E-state index in [1.807, 2.05) is 54.6 Å². The van der Waals surface area contributed by atoms with Crippen molar-refractivity contribution < 1.29 is 14.0 Å². The molecule has 0 aliphatic rings. The van der Waals surface area contributed by atoms with Crippen molar-refractivity contribution in [2.24, 2.45) is 0 Å². The van der Waals surface area contributed by atoms with Gasteiger partial charge in [0.25, 0.3) is 0 Å². The van der Waals surface area contributed by atoms with Crippen molar-refractivity contribution in [1.29, 1.82) is 0 Å². The number of para-hydroxylation sites is 2. The van der Waals surface area contributed by atoms with E-state index in [0.29, 0.717) is 11.4 Å². The molecule has 140 valence electrons. The van der Waals surface area contributed by atoms with E-state index >= 15 is 0 Å². The Morgan fingerprint density at radius 2 is 1.50 bits per heavy atom. The minimum absolute atomic E-state index is 0.173. The smallest absolute Gasteiger partial charge is 0.319 e. The molecule has 0 saturated carbocycles. The molecule has 6 nitrogen and oxygen atoms in total. The first kappa shape index (κ1) is 17.6. The fourth-order valence-electron chi connectivity index (χ4n) is 3.01. The molecule has 0 aliphatic heterocycles. The summed E-state index contributed by atoms with van der Waals surface area (Å²) in [7, 11) is 0. The Balaban J connectivity index is 1.32. The lowest BCUT2D eigenvalue weighted by molar-refractivity contribution is -0.116. The maximum Gasteiger partial charge on any atom is 0.319 e. The van der Waals surface area contributed by atoms with E-state index in [1.54, 1.807) is 18.2 Å². The molecule has 0 unspecified atom stereocenters. The van der Waals surface area contributed by atoms with E-state index in [2.05, 4.69) is 16.0 Å². The summed E-state index contributed by atoms with van der Waals surface area (Å²) >= 11 is 0. The number of carbonyl (C=O) groups excluding carboxylic acids is 2. The highest BCUT2D eigenvalue weighted by atomic mass is 16.3. The van der Waals surface area contributed by atoms with Gasteiger partial charge in [0.1, 0.15) is 11.2 Å². The van der Waals surface area contributed by atoms with Gasteiger partial charge < -0.3 is 20.4 Å². The van der Waals surface area contributed by atoms with Crippen LogP contribution in [0.15, 0.2) is 77.2 Å². The van der Waals surface area contributed by atoms with Gasteiger partial charge in [-0.1, -0.05) is 36.4 Å². The van der Waals surface area contributed by atoms with Crippen LogP contribution in [-0.2, 0) is 4.79 Å². The van der Waals surface area contributed by atoms with Crippen LogP contribution in [0.1, 0.15) is 6.42 Å². The SMILES string of the molecule is O=C(CCNC(=O)Nc1ccccc1)Nc1ccc2oc3ccccc3c2c1. The van der Waals surface area contributed by atoms with Gasteiger partial charge in [0.05, 0.1) is 0 Å². The number of furan rings is 1. The second kappa shape index (κ2) is 7.84. The molecule has 0 bridgehead atoms. The molecule has 0 aliphatic carbocycles. The highest BCUT2D eigenvalue weighted by Gasteiger charge is 2.09. The number of hydrogen-bond acceptors (Lipinski definition) is 3. The van der Waals surface area contributed by atoms with Gasteiger partial charge in [-0.3, -0.25) is 4.79 Å². The lowest BCUT2D eigenvalue weighted by Gasteiger charge is -2.08. The van der Waals surface area contributed by atoms with Crippen LogP contribution in [0.25, 0.3) is 21.9 Å². The predicted molar refractivity (Wildman–Crippen MR) is 110 cm³/mol. The topological polar surface area (TPSA) is 83.4 Å². The van der Waals surface area contributed by atoms with E-state index in [-0.39, 0.29) is 24.9 Å². The van der Waals surface area contributed by atoms with Crippen molar-refractivity contribution in [3.05, 3.63) is 72.8 Å². The van der Waals surface area contributed by atoms with Crippen LogP contribution in [-0.4, -0.2) is 18.5 Å². The lowest BCUT2D eigenvalue weighted by atomic mass is 10.1. The molecule has 0 atom stereocenters. The van der Waals surface area contributed by atoms with Gasteiger partial charge in [-0.15, -0.1) is 0 Å². The van der Waals surface area contributed by atoms with Crippen LogP contribution in [0.3, 0.4) is 0 Å². The number of rotatable bonds is 5. The second-order valence-corrected chi connectivity index (χ2v) is 6.35. The molecular weight excluding hydrogens is 354 g/mol. The summed E-state index contributed by atoms with van der Waals surface area (Å²) in [6.45, 7) is 0.237. The molecule has 1 aromatic heterocycles. The highest BCUT2D eigenvalue weighted by molar-refractivity contribution is 6.07. The highest BCUT2D eigenvalue weighted by Crippen LogP contribution is 2.30. The van der Waals surface area contributed by atoms with Crippen molar-refractivity contribution in [3.63, 3.8) is 0 Å². The fourth-order valence-corrected chi connectivity index (χ4v) is 3.01. The monoisotopic (exact) mass is 373 g/mol. The number of anilines is 2. The summed E-state index contributed by atoms with van der Waals surface area (Å²) in [5, 5.41) is 10.2.